The summed E-state index contributed by atoms with van der Waals surface area (Å²) in [6, 6.07) is 7.38. The molecule has 2 aromatic carbocycles. The van der Waals surface area contributed by atoms with Crippen molar-refractivity contribution in [2.24, 2.45) is 0 Å². The van der Waals surface area contributed by atoms with Gasteiger partial charge in [-0.25, -0.2) is 8.42 Å². The zero-order chi connectivity index (χ0) is 17.4. The minimum atomic E-state index is -4.37. The van der Waals surface area contributed by atoms with Gasteiger partial charge in [0, 0.05) is 0 Å². The average molecular weight is 338 g/mol. The smallest absolute Gasteiger partial charge is 0.300 e. The van der Waals surface area contributed by atoms with Crippen LogP contribution in [0.5, 0.6) is 0 Å². The van der Waals surface area contributed by atoms with Gasteiger partial charge in [0.15, 0.2) is 0 Å². The zero-order valence-electron chi connectivity index (χ0n) is 11.4. The van der Waals surface area contributed by atoms with Gasteiger partial charge in [0.1, 0.15) is 16.3 Å². The first kappa shape index (κ1) is 16.2. The maximum absolute atomic E-state index is 12.6. The third-order valence-corrected chi connectivity index (χ3v) is 4.90. The van der Waals surface area contributed by atoms with E-state index in [0.29, 0.717) is 6.07 Å². The largest absolute Gasteiger partial charge is 0.392 e. The third-order valence-electron chi connectivity index (χ3n) is 3.03. The van der Waals surface area contributed by atoms with Crippen LogP contribution in [-0.2, 0) is 9.84 Å². The summed E-state index contributed by atoms with van der Waals surface area (Å²) in [5.41, 5.74) is 7.81. The van der Waals surface area contributed by atoms with Gasteiger partial charge < -0.3 is 11.5 Å². The molecular formula is C12H10N4O6S. The van der Waals surface area contributed by atoms with Crippen LogP contribution in [0.25, 0.3) is 0 Å². The topological polar surface area (TPSA) is 172 Å². The van der Waals surface area contributed by atoms with Crippen LogP contribution < -0.4 is 11.5 Å². The maximum atomic E-state index is 12.6. The zero-order valence-corrected chi connectivity index (χ0v) is 12.2. The monoisotopic (exact) mass is 338 g/mol. The van der Waals surface area contributed by atoms with E-state index >= 15 is 0 Å². The second kappa shape index (κ2) is 5.53. The van der Waals surface area contributed by atoms with Gasteiger partial charge in [0.05, 0.1) is 20.8 Å². The molecule has 0 aliphatic rings. The van der Waals surface area contributed by atoms with Crippen molar-refractivity contribution in [2.45, 2.75) is 9.79 Å². The fourth-order valence-corrected chi connectivity index (χ4v) is 3.51. The lowest BCUT2D eigenvalue weighted by atomic mass is 10.2. The molecule has 0 radical (unpaired) electrons. The van der Waals surface area contributed by atoms with E-state index in [9.17, 15) is 28.6 Å². The highest BCUT2D eigenvalue weighted by Crippen LogP contribution is 2.42. The second-order valence-electron chi connectivity index (χ2n) is 4.40. The third kappa shape index (κ3) is 2.64. The molecule has 23 heavy (non-hydrogen) atoms. The summed E-state index contributed by atoms with van der Waals surface area (Å²) in [6.07, 6.45) is 0. The van der Waals surface area contributed by atoms with E-state index in [4.69, 9.17) is 11.5 Å². The Kier molecular flexibility index (Phi) is 3.89. The summed E-state index contributed by atoms with van der Waals surface area (Å²) >= 11 is 0. The van der Waals surface area contributed by atoms with Crippen molar-refractivity contribution >= 4 is 32.6 Å². The highest BCUT2D eigenvalue weighted by Gasteiger charge is 2.34. The molecule has 0 bridgehead atoms. The van der Waals surface area contributed by atoms with E-state index < -0.39 is 47.3 Å². The van der Waals surface area contributed by atoms with Crippen LogP contribution >= 0.6 is 0 Å². The van der Waals surface area contributed by atoms with Crippen LogP contribution in [-0.4, -0.2) is 18.3 Å². The standard InChI is InChI=1S/C12H10N4O6S/c13-10-8(15(17)18)6-9(16(19)20)11(14)12(10)23(21,22)7-4-2-1-3-5-7/h1-6H,13-14H2. The Morgan fingerprint density at radius 3 is 1.70 bits per heavy atom. The van der Waals surface area contributed by atoms with E-state index in [1.165, 1.54) is 24.3 Å². The molecule has 10 nitrogen and oxygen atoms in total. The maximum Gasteiger partial charge on any atom is 0.300 e. The predicted molar refractivity (Wildman–Crippen MR) is 80.5 cm³/mol. The number of nitro benzene ring substituents is 2. The van der Waals surface area contributed by atoms with Gasteiger partial charge in [-0.15, -0.1) is 0 Å². The molecule has 11 heteroatoms. The molecule has 0 spiro atoms. The second-order valence-corrected chi connectivity index (χ2v) is 6.29. The summed E-state index contributed by atoms with van der Waals surface area (Å²) in [5, 5.41) is 22.0. The molecular weight excluding hydrogens is 328 g/mol. The fourth-order valence-electron chi connectivity index (χ4n) is 1.97. The SMILES string of the molecule is Nc1c([N+](=O)[O-])cc([N+](=O)[O-])c(N)c1S(=O)(=O)c1ccccc1. The Hall–Kier alpha value is -3.21. The van der Waals surface area contributed by atoms with Gasteiger partial charge in [0.2, 0.25) is 9.84 Å². The van der Waals surface area contributed by atoms with E-state index in [-0.39, 0.29) is 4.90 Å². The summed E-state index contributed by atoms with van der Waals surface area (Å²) in [5.74, 6) is 0. The minimum Gasteiger partial charge on any atom is -0.392 e. The van der Waals surface area contributed by atoms with E-state index in [2.05, 4.69) is 0 Å². The van der Waals surface area contributed by atoms with Crippen molar-refractivity contribution in [1.29, 1.82) is 0 Å². The first-order valence-electron chi connectivity index (χ1n) is 5.98. The van der Waals surface area contributed by atoms with Gasteiger partial charge in [0.25, 0.3) is 0 Å². The molecule has 0 fully saturated rings. The number of nitrogen functional groups attached to an aromatic ring is 2. The number of sulfone groups is 1. The molecule has 0 saturated carbocycles. The summed E-state index contributed by atoms with van der Waals surface area (Å²) in [4.78, 5) is 18.9. The summed E-state index contributed by atoms with van der Waals surface area (Å²) in [7, 11) is -4.37. The van der Waals surface area contributed by atoms with Crippen molar-refractivity contribution in [3.05, 3.63) is 56.6 Å². The van der Waals surface area contributed by atoms with Crippen molar-refractivity contribution in [2.75, 3.05) is 11.5 Å². The molecule has 0 unspecified atom stereocenters. The van der Waals surface area contributed by atoms with Gasteiger partial charge in [-0.05, 0) is 12.1 Å². The normalized spacial score (nSPS) is 11.1. The Balaban J connectivity index is 2.91. The van der Waals surface area contributed by atoms with Crippen molar-refractivity contribution in [3.63, 3.8) is 0 Å². The lowest BCUT2D eigenvalue weighted by Gasteiger charge is -2.11. The quantitative estimate of drug-likeness (QED) is 0.479. The van der Waals surface area contributed by atoms with Gasteiger partial charge in [-0.2, -0.15) is 0 Å². The molecule has 120 valence electrons. The van der Waals surface area contributed by atoms with Crippen molar-refractivity contribution < 1.29 is 18.3 Å². The van der Waals surface area contributed by atoms with Gasteiger partial charge >= 0.3 is 11.4 Å². The van der Waals surface area contributed by atoms with Crippen molar-refractivity contribution in [1.82, 2.24) is 0 Å². The average Bonchev–Trinajstić information content (AvgIpc) is 2.47. The minimum absolute atomic E-state index is 0.242. The number of rotatable bonds is 4. The lowest BCUT2D eigenvalue weighted by molar-refractivity contribution is -0.393. The molecule has 4 N–H and O–H groups in total. The molecule has 0 saturated heterocycles. The van der Waals surface area contributed by atoms with E-state index in [1.54, 1.807) is 6.07 Å². The Bertz CT molecular complexity index is 873. The van der Waals surface area contributed by atoms with Crippen LogP contribution in [0.4, 0.5) is 22.7 Å². The number of nitro groups is 2. The number of hydrogen-bond acceptors (Lipinski definition) is 8. The fraction of sp³-hybridized carbons (Fsp3) is 0. The predicted octanol–water partition coefficient (Wildman–Crippen LogP) is 1.50. The molecule has 2 rings (SSSR count). The van der Waals surface area contributed by atoms with Crippen LogP contribution in [0.15, 0.2) is 46.2 Å². The molecule has 0 amide bonds. The molecule has 0 aliphatic heterocycles. The molecule has 0 aromatic heterocycles. The van der Waals surface area contributed by atoms with Crippen LogP contribution in [0.3, 0.4) is 0 Å². The van der Waals surface area contributed by atoms with Gasteiger partial charge in [-0.1, -0.05) is 18.2 Å². The first-order valence-corrected chi connectivity index (χ1v) is 7.47. The Morgan fingerprint density at radius 2 is 1.30 bits per heavy atom. The molecule has 0 aliphatic carbocycles. The summed E-state index contributed by atoms with van der Waals surface area (Å²) in [6.45, 7) is 0. The molecule has 0 atom stereocenters. The highest BCUT2D eigenvalue weighted by molar-refractivity contribution is 7.91. The number of nitrogens with two attached hydrogens (primary N) is 2. The number of hydrogen-bond donors (Lipinski definition) is 2. The Labute approximate surface area is 129 Å². The number of nitrogens with zero attached hydrogens (tertiary/aromatic N) is 2. The van der Waals surface area contributed by atoms with Crippen LogP contribution in [0.1, 0.15) is 0 Å². The number of benzene rings is 2. The van der Waals surface area contributed by atoms with Crippen molar-refractivity contribution in [3.8, 4) is 0 Å². The van der Waals surface area contributed by atoms with Gasteiger partial charge in [-0.3, -0.25) is 20.2 Å². The summed E-state index contributed by atoms with van der Waals surface area (Å²) < 4.78 is 25.2. The van der Waals surface area contributed by atoms with E-state index in [0.717, 1.165) is 0 Å². The lowest BCUT2D eigenvalue weighted by Crippen LogP contribution is -2.12. The van der Waals surface area contributed by atoms with Crippen LogP contribution in [0.2, 0.25) is 0 Å². The Morgan fingerprint density at radius 1 is 0.870 bits per heavy atom. The number of anilines is 2. The molecule has 2 aromatic rings. The molecule has 0 heterocycles. The highest BCUT2D eigenvalue weighted by atomic mass is 32.2. The van der Waals surface area contributed by atoms with Crippen LogP contribution in [0, 0.1) is 20.2 Å². The van der Waals surface area contributed by atoms with E-state index in [1.807, 2.05) is 0 Å². The first-order chi connectivity index (χ1) is 10.7.